The van der Waals surface area contributed by atoms with Crippen molar-refractivity contribution in [3.05, 3.63) is 42.0 Å². The summed E-state index contributed by atoms with van der Waals surface area (Å²) in [6.07, 6.45) is 2.72. The summed E-state index contributed by atoms with van der Waals surface area (Å²) in [5.74, 6) is 1.05. The van der Waals surface area contributed by atoms with Crippen LogP contribution in [0.5, 0.6) is 23.0 Å². The smallest absolute Gasteiger partial charge is 0.248 e. The molecular formula is C23H25ClN2O7. The fourth-order valence-corrected chi connectivity index (χ4v) is 2.94. The van der Waals surface area contributed by atoms with E-state index in [9.17, 15) is 14.4 Å². The Morgan fingerprint density at radius 1 is 0.848 bits per heavy atom. The summed E-state index contributed by atoms with van der Waals surface area (Å²) in [5, 5.41) is 4.75. The molecule has 0 heterocycles. The minimum Gasteiger partial charge on any atom is -0.496 e. The quantitative estimate of drug-likeness (QED) is 0.374. The van der Waals surface area contributed by atoms with Crippen LogP contribution in [0.25, 0.3) is 6.08 Å². The Morgan fingerprint density at radius 2 is 1.48 bits per heavy atom. The van der Waals surface area contributed by atoms with E-state index in [4.69, 9.17) is 30.5 Å². The van der Waals surface area contributed by atoms with Crippen molar-refractivity contribution in [1.82, 2.24) is 0 Å². The van der Waals surface area contributed by atoms with E-state index in [-0.39, 0.29) is 12.8 Å². The van der Waals surface area contributed by atoms with E-state index in [2.05, 4.69) is 10.6 Å². The molecular weight excluding hydrogens is 452 g/mol. The molecule has 0 bridgehead atoms. The average Bonchev–Trinajstić information content (AvgIpc) is 2.81. The van der Waals surface area contributed by atoms with Crippen LogP contribution in [0.3, 0.4) is 0 Å². The predicted octanol–water partition coefficient (Wildman–Crippen LogP) is 3.86. The summed E-state index contributed by atoms with van der Waals surface area (Å²) in [7, 11) is 5.98. The second-order valence-electron chi connectivity index (χ2n) is 6.59. The summed E-state index contributed by atoms with van der Waals surface area (Å²) in [4.78, 5) is 35.4. The third-order valence-electron chi connectivity index (χ3n) is 4.44. The lowest BCUT2D eigenvalue weighted by Crippen LogP contribution is -2.14. The summed E-state index contributed by atoms with van der Waals surface area (Å²) >= 11 is 5.27. The Balaban J connectivity index is 2.18. The van der Waals surface area contributed by atoms with Crippen LogP contribution < -0.4 is 29.6 Å². The number of anilines is 2. The van der Waals surface area contributed by atoms with Gasteiger partial charge in [-0.3, -0.25) is 14.4 Å². The first-order valence-electron chi connectivity index (χ1n) is 9.76. The molecule has 0 saturated heterocycles. The fourth-order valence-electron chi connectivity index (χ4n) is 2.85. The average molecular weight is 477 g/mol. The highest BCUT2D eigenvalue weighted by Gasteiger charge is 2.13. The van der Waals surface area contributed by atoms with Gasteiger partial charge in [-0.2, -0.15) is 0 Å². The molecule has 0 atom stereocenters. The summed E-state index contributed by atoms with van der Waals surface area (Å²) in [6, 6.07) is 8.11. The van der Waals surface area contributed by atoms with Crippen LogP contribution >= 0.6 is 11.6 Å². The number of methoxy groups -OCH3 is 4. The van der Waals surface area contributed by atoms with E-state index < -0.39 is 17.1 Å². The van der Waals surface area contributed by atoms with Gasteiger partial charge < -0.3 is 29.6 Å². The van der Waals surface area contributed by atoms with Crippen molar-refractivity contribution >= 4 is 46.1 Å². The molecule has 10 heteroatoms. The van der Waals surface area contributed by atoms with Crippen molar-refractivity contribution in [2.24, 2.45) is 0 Å². The molecule has 2 aromatic carbocycles. The molecule has 0 aliphatic rings. The maximum Gasteiger partial charge on any atom is 0.248 e. The zero-order valence-electron chi connectivity index (χ0n) is 18.7. The molecule has 33 heavy (non-hydrogen) atoms. The molecule has 0 radical (unpaired) electrons. The molecule has 176 valence electrons. The van der Waals surface area contributed by atoms with Crippen molar-refractivity contribution in [2.45, 2.75) is 12.8 Å². The largest absolute Gasteiger partial charge is 0.496 e. The predicted molar refractivity (Wildman–Crippen MR) is 125 cm³/mol. The molecule has 0 aromatic heterocycles. The zero-order valence-corrected chi connectivity index (χ0v) is 19.4. The summed E-state index contributed by atoms with van der Waals surface area (Å²) in [6.45, 7) is 0. The standard InChI is InChI=1S/C23H25ClN2O7/c1-30-15-12-19(32-3)16(20(13-15)33-4)6-9-22(28)25-14-5-7-18(31-2)17(11-14)26-23(29)10-8-21(24)27/h5-7,9,11-13H,8,10H2,1-4H3,(H,25,28)(H,26,29)/b9-6+. The highest BCUT2D eigenvalue weighted by Crippen LogP contribution is 2.35. The third kappa shape index (κ3) is 7.43. The molecule has 0 unspecified atom stereocenters. The van der Waals surface area contributed by atoms with Crippen LogP contribution in [-0.2, 0) is 14.4 Å². The highest BCUT2D eigenvalue weighted by molar-refractivity contribution is 6.63. The first-order chi connectivity index (χ1) is 15.8. The van der Waals surface area contributed by atoms with Crippen LogP contribution in [0, 0.1) is 0 Å². The number of rotatable bonds is 11. The zero-order chi connectivity index (χ0) is 24.4. The molecule has 0 aliphatic carbocycles. The third-order valence-corrected chi connectivity index (χ3v) is 4.63. The summed E-state index contributed by atoms with van der Waals surface area (Å²) in [5.41, 5.74) is 1.32. The molecule has 2 N–H and O–H groups in total. The van der Waals surface area contributed by atoms with E-state index in [1.165, 1.54) is 34.5 Å². The molecule has 9 nitrogen and oxygen atoms in total. The first-order valence-corrected chi connectivity index (χ1v) is 10.1. The van der Waals surface area contributed by atoms with Gasteiger partial charge in [0.1, 0.15) is 23.0 Å². The van der Waals surface area contributed by atoms with Gasteiger partial charge in [0, 0.05) is 36.7 Å². The SMILES string of the molecule is COc1cc(OC)c(/C=C/C(=O)Nc2ccc(OC)c(NC(=O)CCC(=O)Cl)c2)c(OC)c1. The van der Waals surface area contributed by atoms with Crippen molar-refractivity contribution < 1.29 is 33.3 Å². The monoisotopic (exact) mass is 476 g/mol. The minimum atomic E-state index is -0.602. The molecule has 2 aromatic rings. The van der Waals surface area contributed by atoms with E-state index in [0.29, 0.717) is 39.9 Å². The van der Waals surface area contributed by atoms with Gasteiger partial charge in [0.15, 0.2) is 0 Å². The number of hydrogen-bond donors (Lipinski definition) is 2. The topological polar surface area (TPSA) is 112 Å². The van der Waals surface area contributed by atoms with Crippen molar-refractivity contribution in [2.75, 3.05) is 39.1 Å². The number of hydrogen-bond acceptors (Lipinski definition) is 7. The molecule has 0 aliphatic heterocycles. The Labute approximate surface area is 196 Å². The first kappa shape index (κ1) is 25.5. The highest BCUT2D eigenvalue weighted by atomic mass is 35.5. The van der Waals surface area contributed by atoms with Crippen LogP contribution in [0.4, 0.5) is 11.4 Å². The van der Waals surface area contributed by atoms with Crippen LogP contribution in [0.15, 0.2) is 36.4 Å². The Hall–Kier alpha value is -3.72. The normalized spacial score (nSPS) is 10.5. The van der Waals surface area contributed by atoms with Gasteiger partial charge in [-0.25, -0.2) is 0 Å². The van der Waals surface area contributed by atoms with E-state index in [1.54, 1.807) is 36.4 Å². The second-order valence-corrected chi connectivity index (χ2v) is 7.01. The van der Waals surface area contributed by atoms with Crippen molar-refractivity contribution in [1.29, 1.82) is 0 Å². The Bertz CT molecular complexity index is 1030. The minimum absolute atomic E-state index is 0.0731. The van der Waals surface area contributed by atoms with Gasteiger partial charge in [0.2, 0.25) is 17.1 Å². The lowest BCUT2D eigenvalue weighted by Gasteiger charge is -2.13. The summed E-state index contributed by atoms with van der Waals surface area (Å²) < 4.78 is 21.2. The van der Waals surface area contributed by atoms with Crippen LogP contribution in [-0.4, -0.2) is 45.5 Å². The van der Waals surface area contributed by atoms with Gasteiger partial charge in [0.05, 0.1) is 39.7 Å². The Morgan fingerprint density at radius 3 is 2.03 bits per heavy atom. The maximum atomic E-state index is 12.5. The number of carbonyl (C=O) groups is 3. The Kier molecular flexibility index (Phi) is 9.56. The number of benzene rings is 2. The van der Waals surface area contributed by atoms with Crippen molar-refractivity contribution in [3.63, 3.8) is 0 Å². The van der Waals surface area contributed by atoms with Gasteiger partial charge in [-0.1, -0.05) is 0 Å². The molecule has 2 amide bonds. The number of ether oxygens (including phenoxy) is 4. The molecule has 0 saturated carbocycles. The number of carbonyl (C=O) groups excluding carboxylic acids is 3. The van der Waals surface area contributed by atoms with Crippen molar-refractivity contribution in [3.8, 4) is 23.0 Å². The fraction of sp³-hybridized carbons (Fsp3) is 0.261. The number of amides is 2. The van der Waals surface area contributed by atoms with Gasteiger partial charge in [-0.15, -0.1) is 0 Å². The molecule has 2 rings (SSSR count). The van der Waals surface area contributed by atoms with Crippen LogP contribution in [0.1, 0.15) is 18.4 Å². The number of halogens is 1. The molecule has 0 spiro atoms. The van der Waals surface area contributed by atoms with Crippen LogP contribution in [0.2, 0.25) is 0 Å². The van der Waals surface area contributed by atoms with E-state index >= 15 is 0 Å². The van der Waals surface area contributed by atoms with Gasteiger partial charge in [-0.05, 0) is 35.9 Å². The van der Waals surface area contributed by atoms with Gasteiger partial charge >= 0.3 is 0 Å². The number of nitrogens with one attached hydrogen (secondary N) is 2. The maximum absolute atomic E-state index is 12.5. The van der Waals surface area contributed by atoms with Gasteiger partial charge in [0.25, 0.3) is 0 Å². The molecule has 0 fully saturated rings. The van der Waals surface area contributed by atoms with E-state index in [0.717, 1.165) is 0 Å². The second kappa shape index (κ2) is 12.4. The van der Waals surface area contributed by atoms with E-state index in [1.807, 2.05) is 0 Å². The lowest BCUT2D eigenvalue weighted by atomic mass is 10.1. The lowest BCUT2D eigenvalue weighted by molar-refractivity contribution is -0.119.